The number of hydrogen-bond acceptors (Lipinski definition) is 4. The highest BCUT2D eigenvalue weighted by Crippen LogP contribution is 2.15. The average Bonchev–Trinajstić information content (AvgIpc) is 2.60. The lowest BCUT2D eigenvalue weighted by Crippen LogP contribution is -2.27. The van der Waals surface area contributed by atoms with Crippen molar-refractivity contribution in [2.24, 2.45) is 0 Å². The number of carbonyl (C=O) groups is 1. The van der Waals surface area contributed by atoms with Crippen LogP contribution in [0.3, 0.4) is 0 Å². The van der Waals surface area contributed by atoms with Gasteiger partial charge in [-0.3, -0.25) is 9.78 Å². The molecule has 0 atom stereocenters. The Morgan fingerprint density at radius 1 is 1.30 bits per heavy atom. The van der Waals surface area contributed by atoms with Crippen molar-refractivity contribution in [1.82, 2.24) is 9.88 Å². The van der Waals surface area contributed by atoms with Crippen molar-refractivity contribution in [2.45, 2.75) is 6.61 Å². The van der Waals surface area contributed by atoms with E-state index in [2.05, 4.69) is 4.98 Å². The fourth-order valence-corrected chi connectivity index (χ4v) is 1.88. The summed E-state index contributed by atoms with van der Waals surface area (Å²) in [6.45, 7) is 0.747. The lowest BCUT2D eigenvalue weighted by atomic mass is 10.2. The van der Waals surface area contributed by atoms with E-state index in [4.69, 9.17) is 9.84 Å². The van der Waals surface area contributed by atoms with Gasteiger partial charge in [-0.15, -0.1) is 0 Å². The van der Waals surface area contributed by atoms with Crippen LogP contribution < -0.4 is 4.74 Å². The Hall–Kier alpha value is -2.66. The summed E-state index contributed by atoms with van der Waals surface area (Å²) in [6, 6.07) is 11.3. The first-order valence-corrected chi connectivity index (χ1v) is 7.35. The van der Waals surface area contributed by atoms with E-state index in [0.29, 0.717) is 13.2 Å². The molecule has 2 aromatic rings. The van der Waals surface area contributed by atoms with Crippen molar-refractivity contribution in [3.05, 3.63) is 66.0 Å². The summed E-state index contributed by atoms with van der Waals surface area (Å²) in [6.07, 6.45) is 6.72. The molecule has 0 spiro atoms. The number of hydrogen-bond donors (Lipinski definition) is 1. The van der Waals surface area contributed by atoms with E-state index in [1.54, 1.807) is 25.5 Å². The SMILES string of the molecule is CN(CCO)C(=O)/C=C/c1ccc(OCc2cccnc2)cc1. The first-order valence-electron chi connectivity index (χ1n) is 7.35. The maximum absolute atomic E-state index is 11.7. The van der Waals surface area contributed by atoms with E-state index in [1.165, 1.54) is 11.0 Å². The molecular weight excluding hydrogens is 292 g/mol. The molecule has 2 rings (SSSR count). The van der Waals surface area contributed by atoms with Gasteiger partial charge in [0.05, 0.1) is 6.61 Å². The van der Waals surface area contributed by atoms with E-state index in [-0.39, 0.29) is 12.5 Å². The monoisotopic (exact) mass is 312 g/mol. The molecule has 0 saturated carbocycles. The van der Waals surface area contributed by atoms with Crippen LogP contribution in [0.1, 0.15) is 11.1 Å². The van der Waals surface area contributed by atoms with Crippen LogP contribution in [0.25, 0.3) is 6.08 Å². The standard InChI is InChI=1S/C18H20N2O3/c1-20(11-12-21)18(22)9-6-15-4-7-17(8-5-15)23-14-16-3-2-10-19-13-16/h2-10,13,21H,11-12,14H2,1H3/b9-6+. The van der Waals surface area contributed by atoms with Crippen molar-refractivity contribution in [3.63, 3.8) is 0 Å². The predicted molar refractivity (Wildman–Crippen MR) is 88.8 cm³/mol. The summed E-state index contributed by atoms with van der Waals surface area (Å²) in [4.78, 5) is 17.2. The lowest BCUT2D eigenvalue weighted by molar-refractivity contribution is -0.125. The molecule has 5 heteroatoms. The number of nitrogens with zero attached hydrogens (tertiary/aromatic N) is 2. The topological polar surface area (TPSA) is 62.7 Å². The van der Waals surface area contributed by atoms with Crippen LogP contribution in [0.5, 0.6) is 5.75 Å². The largest absolute Gasteiger partial charge is 0.489 e. The summed E-state index contributed by atoms with van der Waals surface area (Å²) in [5, 5.41) is 8.80. The normalized spacial score (nSPS) is 10.7. The first kappa shape index (κ1) is 16.7. The molecule has 0 radical (unpaired) electrons. The summed E-state index contributed by atoms with van der Waals surface area (Å²) < 4.78 is 5.68. The van der Waals surface area contributed by atoms with Crippen molar-refractivity contribution in [1.29, 1.82) is 0 Å². The second-order valence-corrected chi connectivity index (χ2v) is 5.04. The van der Waals surface area contributed by atoms with E-state index in [0.717, 1.165) is 16.9 Å². The molecule has 0 unspecified atom stereocenters. The predicted octanol–water partition coefficient (Wildman–Crippen LogP) is 2.12. The van der Waals surface area contributed by atoms with Gasteiger partial charge in [0.25, 0.3) is 0 Å². The number of aliphatic hydroxyl groups is 1. The Morgan fingerprint density at radius 3 is 2.74 bits per heavy atom. The van der Waals surface area contributed by atoms with Crippen LogP contribution in [0, 0.1) is 0 Å². The number of pyridine rings is 1. The Kier molecular flexibility index (Phi) is 6.32. The molecule has 0 saturated heterocycles. The van der Waals surface area contributed by atoms with Crippen molar-refractivity contribution in [3.8, 4) is 5.75 Å². The molecule has 23 heavy (non-hydrogen) atoms. The third kappa shape index (κ3) is 5.56. The van der Waals surface area contributed by atoms with Crippen LogP contribution >= 0.6 is 0 Å². The zero-order chi connectivity index (χ0) is 16.5. The van der Waals surface area contributed by atoms with Gasteiger partial charge in [0, 0.05) is 37.6 Å². The smallest absolute Gasteiger partial charge is 0.246 e. The van der Waals surface area contributed by atoms with E-state index >= 15 is 0 Å². The highest BCUT2D eigenvalue weighted by atomic mass is 16.5. The molecule has 120 valence electrons. The zero-order valence-electron chi connectivity index (χ0n) is 13.1. The van der Waals surface area contributed by atoms with Crippen LogP contribution in [-0.2, 0) is 11.4 Å². The van der Waals surface area contributed by atoms with Gasteiger partial charge in [-0.1, -0.05) is 18.2 Å². The Bertz CT molecular complexity index is 639. The molecule has 1 aromatic heterocycles. The molecular formula is C18H20N2O3. The van der Waals surface area contributed by atoms with Crippen LogP contribution in [0.2, 0.25) is 0 Å². The molecule has 0 aliphatic carbocycles. The van der Waals surface area contributed by atoms with Crippen LogP contribution in [0.4, 0.5) is 0 Å². The number of amides is 1. The van der Waals surface area contributed by atoms with E-state index in [9.17, 15) is 4.79 Å². The number of rotatable bonds is 7. The van der Waals surface area contributed by atoms with Crippen molar-refractivity contribution in [2.75, 3.05) is 20.2 Å². The molecule has 1 N–H and O–H groups in total. The third-order valence-electron chi connectivity index (χ3n) is 3.24. The lowest BCUT2D eigenvalue weighted by Gasteiger charge is -2.12. The summed E-state index contributed by atoms with van der Waals surface area (Å²) in [5.41, 5.74) is 1.92. The fraction of sp³-hybridized carbons (Fsp3) is 0.222. The van der Waals surface area contributed by atoms with Gasteiger partial charge in [-0.05, 0) is 29.8 Å². The third-order valence-corrected chi connectivity index (χ3v) is 3.24. The molecule has 5 nitrogen and oxygen atoms in total. The second-order valence-electron chi connectivity index (χ2n) is 5.04. The van der Waals surface area contributed by atoms with E-state index in [1.807, 2.05) is 36.4 Å². The van der Waals surface area contributed by atoms with Crippen molar-refractivity contribution >= 4 is 12.0 Å². The van der Waals surface area contributed by atoms with Gasteiger partial charge in [0.15, 0.2) is 0 Å². The second kappa shape index (κ2) is 8.70. The minimum absolute atomic E-state index is 0.0426. The average molecular weight is 312 g/mol. The highest BCUT2D eigenvalue weighted by Gasteiger charge is 2.03. The maximum atomic E-state index is 11.7. The Balaban J connectivity index is 1.88. The molecule has 1 heterocycles. The Labute approximate surface area is 135 Å². The van der Waals surface area contributed by atoms with Gasteiger partial charge in [0.1, 0.15) is 12.4 Å². The minimum atomic E-state index is -0.143. The number of benzene rings is 1. The number of aliphatic hydroxyl groups excluding tert-OH is 1. The maximum Gasteiger partial charge on any atom is 0.246 e. The summed E-state index contributed by atoms with van der Waals surface area (Å²) in [7, 11) is 1.65. The molecule has 1 amide bonds. The molecule has 1 aromatic carbocycles. The van der Waals surface area contributed by atoms with Crippen LogP contribution in [0.15, 0.2) is 54.9 Å². The van der Waals surface area contributed by atoms with Gasteiger partial charge in [-0.25, -0.2) is 0 Å². The molecule has 0 aliphatic heterocycles. The summed E-state index contributed by atoms with van der Waals surface area (Å²) in [5.74, 6) is 0.616. The molecule has 0 fully saturated rings. The number of likely N-dealkylation sites (N-methyl/N-ethyl adjacent to an activating group) is 1. The Morgan fingerprint density at radius 2 is 2.09 bits per heavy atom. The number of aromatic nitrogens is 1. The minimum Gasteiger partial charge on any atom is -0.489 e. The number of ether oxygens (including phenoxy) is 1. The van der Waals surface area contributed by atoms with E-state index < -0.39 is 0 Å². The van der Waals surface area contributed by atoms with Gasteiger partial charge in [0.2, 0.25) is 5.91 Å². The highest BCUT2D eigenvalue weighted by molar-refractivity contribution is 5.91. The molecule has 0 bridgehead atoms. The van der Waals surface area contributed by atoms with Crippen LogP contribution in [-0.4, -0.2) is 41.1 Å². The zero-order valence-corrected chi connectivity index (χ0v) is 13.1. The van der Waals surface area contributed by atoms with Crippen molar-refractivity contribution < 1.29 is 14.6 Å². The van der Waals surface area contributed by atoms with Gasteiger partial charge >= 0.3 is 0 Å². The fourth-order valence-electron chi connectivity index (χ4n) is 1.88. The number of carbonyl (C=O) groups excluding carboxylic acids is 1. The van der Waals surface area contributed by atoms with Gasteiger partial charge < -0.3 is 14.7 Å². The van der Waals surface area contributed by atoms with Gasteiger partial charge in [-0.2, -0.15) is 0 Å². The quantitative estimate of drug-likeness (QED) is 0.796. The molecule has 0 aliphatic rings. The first-order chi connectivity index (χ1) is 11.2. The summed E-state index contributed by atoms with van der Waals surface area (Å²) >= 11 is 0.